The zero-order valence-electron chi connectivity index (χ0n) is 19.5. The topological polar surface area (TPSA) is 109 Å². The standard InChI is InChI=1S/C22H19ClF3N11/c1-12-7-27-21(30-17-3-4-28-34(17)2)31-18(12)13-5-16-19-32-33-20(22(25,26)36-10-14(23)8-29-36)37(19)15(6-24)11-35(16)9-13/h3-5,7-10,15H,6,11H2,1-2H3,(H,27,30,31)/t15-/m0/s1. The van der Waals surface area contributed by atoms with Crippen molar-refractivity contribution in [2.24, 2.45) is 7.05 Å². The summed E-state index contributed by atoms with van der Waals surface area (Å²) in [6.07, 6.45) is 7.19. The third-order valence-corrected chi connectivity index (χ3v) is 6.38. The van der Waals surface area contributed by atoms with Crippen molar-refractivity contribution in [3.63, 3.8) is 0 Å². The molecule has 37 heavy (non-hydrogen) atoms. The predicted molar refractivity (Wildman–Crippen MR) is 127 cm³/mol. The van der Waals surface area contributed by atoms with E-state index >= 15 is 8.78 Å². The molecule has 0 spiro atoms. The molecule has 0 radical (unpaired) electrons. The largest absolute Gasteiger partial charge is 0.404 e. The van der Waals surface area contributed by atoms with Crippen molar-refractivity contribution in [1.29, 1.82) is 0 Å². The summed E-state index contributed by atoms with van der Waals surface area (Å²) in [6, 6.07) is -1.09. The molecule has 0 aromatic carbocycles. The van der Waals surface area contributed by atoms with Gasteiger partial charge in [0.1, 0.15) is 12.5 Å². The van der Waals surface area contributed by atoms with E-state index in [9.17, 15) is 4.39 Å². The molecule has 0 saturated heterocycles. The Morgan fingerprint density at radius 3 is 2.73 bits per heavy atom. The Morgan fingerprint density at radius 2 is 2.03 bits per heavy atom. The van der Waals surface area contributed by atoms with Crippen molar-refractivity contribution in [3.8, 4) is 22.8 Å². The van der Waals surface area contributed by atoms with E-state index in [-0.39, 0.29) is 17.4 Å². The van der Waals surface area contributed by atoms with E-state index in [1.54, 1.807) is 47.0 Å². The van der Waals surface area contributed by atoms with Gasteiger partial charge in [-0.3, -0.25) is 9.25 Å². The highest BCUT2D eigenvalue weighted by atomic mass is 35.5. The molecule has 0 bridgehead atoms. The molecule has 15 heteroatoms. The zero-order valence-corrected chi connectivity index (χ0v) is 20.3. The minimum Gasteiger partial charge on any atom is -0.342 e. The van der Waals surface area contributed by atoms with Crippen molar-refractivity contribution in [1.82, 2.24) is 48.9 Å². The molecule has 1 aliphatic heterocycles. The van der Waals surface area contributed by atoms with Crippen LogP contribution < -0.4 is 5.32 Å². The summed E-state index contributed by atoms with van der Waals surface area (Å²) < 4.78 is 49.7. The molecule has 5 aromatic heterocycles. The van der Waals surface area contributed by atoms with E-state index in [1.165, 1.54) is 0 Å². The number of nitrogens with zero attached hydrogens (tertiary/aromatic N) is 10. The SMILES string of the molecule is Cc1cnc(Nc2ccnn2C)nc1-c1cc2n(c1)C[C@H](CF)n1c-2nnc1C(F)(F)n1cc(Cl)cn1. The van der Waals surface area contributed by atoms with Crippen molar-refractivity contribution < 1.29 is 13.2 Å². The number of hydrogen-bond acceptors (Lipinski definition) is 7. The lowest BCUT2D eigenvalue weighted by atomic mass is 10.1. The number of halogens is 4. The van der Waals surface area contributed by atoms with Crippen LogP contribution in [0.5, 0.6) is 0 Å². The van der Waals surface area contributed by atoms with Crippen LogP contribution in [-0.2, 0) is 19.6 Å². The van der Waals surface area contributed by atoms with Crippen molar-refractivity contribution in [3.05, 3.63) is 59.5 Å². The van der Waals surface area contributed by atoms with Gasteiger partial charge < -0.3 is 9.88 Å². The maximum Gasteiger partial charge on any atom is 0.404 e. The number of aryl methyl sites for hydroxylation is 2. The van der Waals surface area contributed by atoms with Gasteiger partial charge in [-0.05, 0) is 18.6 Å². The number of rotatable bonds is 6. The van der Waals surface area contributed by atoms with Crippen molar-refractivity contribution >= 4 is 23.4 Å². The predicted octanol–water partition coefficient (Wildman–Crippen LogP) is 3.96. The highest BCUT2D eigenvalue weighted by Gasteiger charge is 2.44. The number of nitrogens with one attached hydrogen (secondary N) is 1. The minimum absolute atomic E-state index is 0.0380. The Kier molecular flexibility index (Phi) is 5.29. The molecule has 0 amide bonds. The van der Waals surface area contributed by atoms with Crippen LogP contribution >= 0.6 is 11.6 Å². The van der Waals surface area contributed by atoms with Crippen LogP contribution in [0, 0.1) is 6.92 Å². The Balaban J connectivity index is 1.41. The summed E-state index contributed by atoms with van der Waals surface area (Å²) >= 11 is 5.78. The second kappa shape index (κ2) is 8.44. The van der Waals surface area contributed by atoms with Gasteiger partial charge in [0.2, 0.25) is 11.8 Å². The average Bonchev–Trinajstić information content (AvgIpc) is 3.66. The molecule has 1 atom stereocenters. The fourth-order valence-electron chi connectivity index (χ4n) is 4.38. The van der Waals surface area contributed by atoms with Crippen LogP contribution in [0.2, 0.25) is 5.02 Å². The second-order valence-corrected chi connectivity index (χ2v) is 9.06. The number of aromatic nitrogens is 10. The molecule has 0 saturated carbocycles. The van der Waals surface area contributed by atoms with E-state index < -0.39 is 24.6 Å². The van der Waals surface area contributed by atoms with E-state index in [1.807, 2.05) is 6.92 Å². The average molecular weight is 530 g/mol. The summed E-state index contributed by atoms with van der Waals surface area (Å²) in [5.41, 5.74) is 2.63. The van der Waals surface area contributed by atoms with Crippen LogP contribution in [0.4, 0.5) is 24.9 Å². The summed E-state index contributed by atoms with van der Waals surface area (Å²) in [4.78, 5) is 8.98. The number of hydrogen-bond donors (Lipinski definition) is 1. The van der Waals surface area contributed by atoms with Crippen LogP contribution in [0.1, 0.15) is 17.4 Å². The fourth-order valence-corrected chi connectivity index (χ4v) is 4.52. The maximum absolute atomic E-state index is 15.3. The first-order chi connectivity index (χ1) is 17.8. The highest BCUT2D eigenvalue weighted by Crippen LogP contribution is 2.39. The lowest BCUT2D eigenvalue weighted by Gasteiger charge is -2.27. The molecule has 1 N–H and O–H groups in total. The van der Waals surface area contributed by atoms with Crippen LogP contribution in [0.15, 0.2) is 43.1 Å². The van der Waals surface area contributed by atoms with Gasteiger partial charge in [-0.25, -0.2) is 19.0 Å². The summed E-state index contributed by atoms with van der Waals surface area (Å²) in [5.74, 6) is 0.461. The van der Waals surface area contributed by atoms with E-state index in [2.05, 4.69) is 35.7 Å². The molecular formula is C22H19ClF3N11. The number of alkyl halides is 3. The van der Waals surface area contributed by atoms with Gasteiger partial charge in [-0.15, -0.1) is 10.2 Å². The third kappa shape index (κ3) is 3.75. The monoisotopic (exact) mass is 529 g/mol. The highest BCUT2D eigenvalue weighted by molar-refractivity contribution is 6.30. The normalized spacial score (nSPS) is 15.0. The van der Waals surface area contributed by atoms with Crippen LogP contribution in [-0.4, -0.2) is 55.5 Å². The molecule has 0 aliphatic carbocycles. The van der Waals surface area contributed by atoms with Crippen LogP contribution in [0.3, 0.4) is 0 Å². The summed E-state index contributed by atoms with van der Waals surface area (Å²) in [7, 11) is 1.79. The minimum atomic E-state index is -3.70. The Labute approximate surface area is 212 Å². The van der Waals surface area contributed by atoms with E-state index in [0.717, 1.165) is 22.5 Å². The molecule has 5 aromatic rings. The molecule has 190 valence electrons. The van der Waals surface area contributed by atoms with Gasteiger partial charge in [0, 0.05) is 37.6 Å². The first-order valence-corrected chi connectivity index (χ1v) is 11.5. The molecular weight excluding hydrogens is 511 g/mol. The lowest BCUT2D eigenvalue weighted by molar-refractivity contribution is -0.0615. The van der Waals surface area contributed by atoms with Crippen molar-refractivity contribution in [2.45, 2.75) is 25.6 Å². The van der Waals surface area contributed by atoms with E-state index in [4.69, 9.17) is 11.6 Å². The summed E-state index contributed by atoms with van der Waals surface area (Å²) in [5, 5.41) is 18.6. The zero-order chi connectivity index (χ0) is 25.9. The Hall–Kier alpha value is -4.20. The second-order valence-electron chi connectivity index (χ2n) is 8.63. The number of anilines is 2. The molecule has 0 fully saturated rings. The van der Waals surface area contributed by atoms with Gasteiger partial charge in [0.05, 0.1) is 41.0 Å². The Bertz CT molecular complexity index is 1620. The number of fused-ring (bicyclic) bond motifs is 3. The molecule has 1 aliphatic rings. The summed E-state index contributed by atoms with van der Waals surface area (Å²) in [6.45, 7) is 1.07. The molecule has 11 nitrogen and oxygen atoms in total. The van der Waals surface area contributed by atoms with Gasteiger partial charge in [0.25, 0.3) is 0 Å². The first kappa shape index (κ1) is 23.2. The van der Waals surface area contributed by atoms with E-state index in [0.29, 0.717) is 33.4 Å². The Morgan fingerprint density at radius 1 is 1.19 bits per heavy atom. The third-order valence-electron chi connectivity index (χ3n) is 6.19. The smallest absolute Gasteiger partial charge is 0.342 e. The van der Waals surface area contributed by atoms with Crippen molar-refractivity contribution in [2.75, 3.05) is 12.0 Å². The maximum atomic E-state index is 15.3. The fraction of sp³-hybridized carbons (Fsp3) is 0.273. The van der Waals surface area contributed by atoms with Gasteiger partial charge in [-0.2, -0.15) is 19.0 Å². The van der Waals surface area contributed by atoms with Gasteiger partial charge in [0.15, 0.2) is 5.82 Å². The lowest BCUT2D eigenvalue weighted by Crippen LogP contribution is -2.33. The van der Waals surface area contributed by atoms with Crippen LogP contribution in [0.25, 0.3) is 22.8 Å². The molecule has 0 unspecified atom stereocenters. The molecule has 6 rings (SSSR count). The quantitative estimate of drug-likeness (QED) is 0.354. The van der Waals surface area contributed by atoms with Gasteiger partial charge in [-0.1, -0.05) is 11.6 Å². The van der Waals surface area contributed by atoms with Gasteiger partial charge >= 0.3 is 6.05 Å². The molecule has 6 heterocycles. The first-order valence-electron chi connectivity index (χ1n) is 11.2.